The molecule has 1 fully saturated rings. The van der Waals surface area contributed by atoms with Crippen LogP contribution in [-0.2, 0) is 0 Å². The number of hydrogen-bond acceptors (Lipinski definition) is 6. The fourth-order valence-electron chi connectivity index (χ4n) is 3.55. The molecular weight excluding hydrogens is 350 g/mol. The Morgan fingerprint density at radius 3 is 2.79 bits per heavy atom. The summed E-state index contributed by atoms with van der Waals surface area (Å²) in [5, 5.41) is 10.7. The summed E-state index contributed by atoms with van der Waals surface area (Å²) >= 11 is 0. The molecule has 140 valence electrons. The van der Waals surface area contributed by atoms with E-state index in [1.807, 2.05) is 56.7 Å². The minimum atomic E-state index is 0.547. The molecule has 0 saturated carbocycles. The van der Waals surface area contributed by atoms with Crippen LogP contribution in [-0.4, -0.2) is 51.3 Å². The van der Waals surface area contributed by atoms with Gasteiger partial charge in [-0.15, -0.1) is 0 Å². The maximum absolute atomic E-state index is 4.87. The summed E-state index contributed by atoms with van der Waals surface area (Å²) in [5.74, 6) is 0. The first kappa shape index (κ1) is 16.8. The van der Waals surface area contributed by atoms with E-state index in [2.05, 4.69) is 36.4 Å². The van der Waals surface area contributed by atoms with Crippen molar-refractivity contribution in [2.75, 3.05) is 25.0 Å². The second-order valence-electron chi connectivity index (χ2n) is 7.13. The molecule has 0 spiro atoms. The molecule has 0 bridgehead atoms. The van der Waals surface area contributed by atoms with Crippen molar-refractivity contribution in [3.8, 4) is 22.6 Å². The van der Waals surface area contributed by atoms with Crippen molar-refractivity contribution in [1.29, 1.82) is 0 Å². The van der Waals surface area contributed by atoms with Crippen LogP contribution in [0.25, 0.3) is 33.7 Å². The minimum absolute atomic E-state index is 0.547. The van der Waals surface area contributed by atoms with Crippen LogP contribution < -0.4 is 10.2 Å². The summed E-state index contributed by atoms with van der Waals surface area (Å²) in [5.41, 5.74) is 7.27. The van der Waals surface area contributed by atoms with Gasteiger partial charge in [-0.05, 0) is 44.3 Å². The van der Waals surface area contributed by atoms with Gasteiger partial charge in [-0.2, -0.15) is 5.10 Å². The Bertz CT molecular complexity index is 1140. The molecule has 4 aromatic heterocycles. The van der Waals surface area contributed by atoms with Crippen LogP contribution in [0.2, 0.25) is 0 Å². The van der Waals surface area contributed by atoms with Crippen LogP contribution in [0.1, 0.15) is 5.69 Å². The van der Waals surface area contributed by atoms with Gasteiger partial charge in [-0.3, -0.25) is 15.1 Å². The highest BCUT2D eigenvalue weighted by atomic mass is 15.2. The molecule has 0 amide bonds. The van der Waals surface area contributed by atoms with Crippen molar-refractivity contribution >= 4 is 16.7 Å². The summed E-state index contributed by atoms with van der Waals surface area (Å²) in [6.45, 7) is 3.97. The van der Waals surface area contributed by atoms with Crippen molar-refractivity contribution in [2.24, 2.45) is 0 Å². The normalized spacial score (nSPS) is 14.4. The zero-order valence-corrected chi connectivity index (χ0v) is 15.8. The molecule has 28 heavy (non-hydrogen) atoms. The predicted octanol–water partition coefficient (Wildman–Crippen LogP) is 2.80. The number of pyridine rings is 3. The summed E-state index contributed by atoms with van der Waals surface area (Å²) < 4.78 is 0. The minimum Gasteiger partial charge on any atom is -0.367 e. The number of aromatic amines is 1. The quantitative estimate of drug-likeness (QED) is 0.574. The summed E-state index contributed by atoms with van der Waals surface area (Å²) in [7, 11) is 2.00. The number of fused-ring (bicyclic) bond motifs is 1. The fraction of sp³-hybridized carbons (Fsp3) is 0.238. The molecule has 0 aliphatic carbocycles. The van der Waals surface area contributed by atoms with E-state index in [4.69, 9.17) is 4.98 Å². The zero-order valence-electron chi connectivity index (χ0n) is 15.8. The van der Waals surface area contributed by atoms with Crippen LogP contribution in [0, 0.1) is 6.92 Å². The van der Waals surface area contributed by atoms with Gasteiger partial charge in [0.05, 0.1) is 34.3 Å². The van der Waals surface area contributed by atoms with Crippen LogP contribution in [0.5, 0.6) is 0 Å². The van der Waals surface area contributed by atoms with E-state index < -0.39 is 0 Å². The number of aromatic nitrogens is 5. The zero-order chi connectivity index (χ0) is 19.1. The first-order chi connectivity index (χ1) is 13.7. The predicted molar refractivity (Wildman–Crippen MR) is 110 cm³/mol. The fourth-order valence-corrected chi connectivity index (χ4v) is 3.55. The number of nitrogens with one attached hydrogen (secondary N) is 2. The van der Waals surface area contributed by atoms with Gasteiger partial charge in [0.15, 0.2) is 0 Å². The van der Waals surface area contributed by atoms with E-state index in [1.165, 1.54) is 0 Å². The topological polar surface area (TPSA) is 82.6 Å². The second-order valence-corrected chi connectivity index (χ2v) is 7.13. The molecule has 1 aliphatic heterocycles. The number of aryl methyl sites for hydroxylation is 1. The molecule has 2 N–H and O–H groups in total. The van der Waals surface area contributed by atoms with Crippen LogP contribution in [0.4, 0.5) is 5.69 Å². The van der Waals surface area contributed by atoms with Gasteiger partial charge in [-0.1, -0.05) is 6.07 Å². The van der Waals surface area contributed by atoms with E-state index >= 15 is 0 Å². The van der Waals surface area contributed by atoms with Gasteiger partial charge in [0.25, 0.3) is 0 Å². The van der Waals surface area contributed by atoms with Gasteiger partial charge in [0.1, 0.15) is 5.69 Å². The molecule has 7 nitrogen and oxygen atoms in total. The van der Waals surface area contributed by atoms with Gasteiger partial charge in [0, 0.05) is 36.6 Å². The third-order valence-electron chi connectivity index (χ3n) is 5.23. The Morgan fingerprint density at radius 2 is 1.96 bits per heavy atom. The highest BCUT2D eigenvalue weighted by molar-refractivity contribution is 5.84. The average Bonchev–Trinajstić information content (AvgIpc) is 3.16. The summed E-state index contributed by atoms with van der Waals surface area (Å²) in [6, 6.07) is 12.6. The summed E-state index contributed by atoms with van der Waals surface area (Å²) in [4.78, 5) is 16.4. The molecule has 5 heterocycles. The Labute approximate surface area is 162 Å². The SMILES string of the molecule is CNC1CN(c2cnc3ccc(-c4c[nH]nc4-c4cccc(C)n4)nc3c2)C1. The van der Waals surface area contributed by atoms with Gasteiger partial charge >= 0.3 is 0 Å². The number of anilines is 1. The highest BCUT2D eigenvalue weighted by Gasteiger charge is 2.25. The largest absolute Gasteiger partial charge is 0.367 e. The Hall–Kier alpha value is -3.32. The molecule has 5 rings (SSSR count). The second kappa shape index (κ2) is 6.69. The lowest BCUT2D eigenvalue weighted by atomic mass is 10.1. The van der Waals surface area contributed by atoms with Crippen molar-refractivity contribution in [3.63, 3.8) is 0 Å². The van der Waals surface area contributed by atoms with Gasteiger partial charge in [0.2, 0.25) is 0 Å². The maximum atomic E-state index is 4.87. The molecule has 7 heteroatoms. The standard InChI is InChI=1S/C21H21N7/c1-13-4-3-5-19(25-13)21-16(10-24-27-21)17-6-7-18-20(26-17)8-15(9-23-18)28-11-14(12-28)22-2/h3-10,14,22H,11-12H2,1-2H3,(H,24,27). The van der Waals surface area contributed by atoms with E-state index in [0.717, 1.165) is 58.1 Å². The summed E-state index contributed by atoms with van der Waals surface area (Å²) in [6.07, 6.45) is 3.80. The van der Waals surface area contributed by atoms with Crippen LogP contribution in [0.15, 0.2) is 48.8 Å². The monoisotopic (exact) mass is 371 g/mol. The van der Waals surface area contributed by atoms with E-state index in [1.54, 1.807) is 0 Å². The molecule has 0 unspecified atom stereocenters. The van der Waals surface area contributed by atoms with Crippen LogP contribution >= 0.6 is 0 Å². The maximum Gasteiger partial charge on any atom is 0.120 e. The lowest BCUT2D eigenvalue weighted by Gasteiger charge is -2.40. The number of H-pyrrole nitrogens is 1. The van der Waals surface area contributed by atoms with Crippen molar-refractivity contribution in [3.05, 3.63) is 54.5 Å². The third kappa shape index (κ3) is 2.90. The molecule has 0 radical (unpaired) electrons. The molecule has 4 aromatic rings. The number of nitrogens with zero attached hydrogens (tertiary/aromatic N) is 5. The van der Waals surface area contributed by atoms with Gasteiger partial charge < -0.3 is 10.2 Å². The average molecular weight is 371 g/mol. The molecule has 1 saturated heterocycles. The smallest absolute Gasteiger partial charge is 0.120 e. The molecule has 0 atom stereocenters. The lowest BCUT2D eigenvalue weighted by molar-refractivity contribution is 0.450. The van der Waals surface area contributed by atoms with Crippen molar-refractivity contribution in [2.45, 2.75) is 13.0 Å². The number of likely N-dealkylation sites (N-methyl/N-ethyl adjacent to an activating group) is 1. The number of hydrogen-bond donors (Lipinski definition) is 2. The lowest BCUT2D eigenvalue weighted by Crippen LogP contribution is -2.57. The molecule has 0 aromatic carbocycles. The Morgan fingerprint density at radius 1 is 1.07 bits per heavy atom. The third-order valence-corrected chi connectivity index (χ3v) is 5.23. The van der Waals surface area contributed by atoms with E-state index in [-0.39, 0.29) is 0 Å². The van der Waals surface area contributed by atoms with Gasteiger partial charge in [-0.25, -0.2) is 4.98 Å². The number of rotatable bonds is 4. The first-order valence-electron chi connectivity index (χ1n) is 9.38. The van der Waals surface area contributed by atoms with Crippen LogP contribution in [0.3, 0.4) is 0 Å². The Kier molecular flexibility index (Phi) is 4.02. The van der Waals surface area contributed by atoms with Crippen molar-refractivity contribution < 1.29 is 0 Å². The van der Waals surface area contributed by atoms with E-state index in [9.17, 15) is 0 Å². The van der Waals surface area contributed by atoms with Crippen molar-refractivity contribution in [1.82, 2.24) is 30.5 Å². The highest BCUT2D eigenvalue weighted by Crippen LogP contribution is 2.30. The molecular formula is C21H21N7. The molecule has 1 aliphatic rings. The Balaban J connectivity index is 1.53. The first-order valence-corrected chi connectivity index (χ1v) is 9.38. The van der Waals surface area contributed by atoms with E-state index in [0.29, 0.717) is 6.04 Å².